The maximum Gasteiger partial charge on any atom is 0.255 e. The molecule has 172 valence electrons. The van der Waals surface area contributed by atoms with Gasteiger partial charge in [0.15, 0.2) is 5.82 Å². The number of benzene rings is 2. The summed E-state index contributed by atoms with van der Waals surface area (Å²) in [7, 11) is 0. The average Bonchev–Trinajstić information content (AvgIpc) is 3.39. The molecule has 1 aliphatic rings. The number of anilines is 2. The number of hydrogen-bond acceptors (Lipinski definition) is 5. The predicted octanol–water partition coefficient (Wildman–Crippen LogP) is 4.88. The standard InChI is InChI=1S/C27H28N6O/c1-20-12-15-33(16-13-20)26-11-10-25(30-31-26)22-6-8-24(9-7-22)29-27(34)23-4-2-21(3-5-23)18-32-17-14-28-19-32/h2-11,14,17,19-20H,12-13,15-16,18H2,1H3,(H,29,34). The van der Waals surface area contributed by atoms with Crippen LogP contribution in [0.4, 0.5) is 11.5 Å². The summed E-state index contributed by atoms with van der Waals surface area (Å²) in [5.41, 5.74) is 4.25. The summed E-state index contributed by atoms with van der Waals surface area (Å²) < 4.78 is 1.99. The third-order valence-electron chi connectivity index (χ3n) is 6.34. The van der Waals surface area contributed by atoms with Crippen LogP contribution < -0.4 is 10.2 Å². The molecule has 1 fully saturated rings. The molecule has 7 heteroatoms. The van der Waals surface area contributed by atoms with E-state index in [1.54, 1.807) is 12.5 Å². The molecule has 0 bridgehead atoms. The Morgan fingerprint density at radius 2 is 1.74 bits per heavy atom. The van der Waals surface area contributed by atoms with Crippen LogP contribution in [0.1, 0.15) is 35.7 Å². The number of nitrogens with zero attached hydrogens (tertiary/aromatic N) is 5. The van der Waals surface area contributed by atoms with Crippen molar-refractivity contribution in [2.24, 2.45) is 5.92 Å². The van der Waals surface area contributed by atoms with E-state index in [9.17, 15) is 4.79 Å². The highest BCUT2D eigenvalue weighted by Crippen LogP contribution is 2.24. The predicted molar refractivity (Wildman–Crippen MR) is 134 cm³/mol. The fraction of sp³-hybridized carbons (Fsp3) is 0.259. The van der Waals surface area contributed by atoms with Crippen LogP contribution in [0, 0.1) is 5.92 Å². The molecular weight excluding hydrogens is 424 g/mol. The summed E-state index contributed by atoms with van der Waals surface area (Å²) in [6, 6.07) is 19.4. The van der Waals surface area contributed by atoms with Crippen molar-refractivity contribution in [1.29, 1.82) is 0 Å². The lowest BCUT2D eigenvalue weighted by Gasteiger charge is -2.30. The van der Waals surface area contributed by atoms with Crippen LogP contribution >= 0.6 is 0 Å². The van der Waals surface area contributed by atoms with Gasteiger partial charge in [-0.3, -0.25) is 4.79 Å². The van der Waals surface area contributed by atoms with Crippen molar-refractivity contribution in [3.8, 4) is 11.3 Å². The Morgan fingerprint density at radius 3 is 2.38 bits per heavy atom. The SMILES string of the molecule is CC1CCN(c2ccc(-c3ccc(NC(=O)c4ccc(Cn5ccnc5)cc4)cc3)nn2)CC1. The van der Waals surface area contributed by atoms with E-state index < -0.39 is 0 Å². The number of nitrogens with one attached hydrogen (secondary N) is 1. The maximum absolute atomic E-state index is 12.7. The van der Waals surface area contributed by atoms with E-state index in [-0.39, 0.29) is 5.91 Å². The third-order valence-corrected chi connectivity index (χ3v) is 6.34. The number of rotatable bonds is 6. The Balaban J connectivity index is 1.19. The van der Waals surface area contributed by atoms with Crippen molar-refractivity contribution >= 4 is 17.4 Å². The van der Waals surface area contributed by atoms with Gasteiger partial charge < -0.3 is 14.8 Å². The maximum atomic E-state index is 12.7. The van der Waals surface area contributed by atoms with E-state index in [1.807, 2.05) is 71.4 Å². The zero-order valence-corrected chi connectivity index (χ0v) is 19.3. The van der Waals surface area contributed by atoms with Gasteiger partial charge >= 0.3 is 0 Å². The summed E-state index contributed by atoms with van der Waals surface area (Å²) in [6.07, 6.45) is 7.85. The molecule has 1 aliphatic heterocycles. The number of imidazole rings is 1. The minimum Gasteiger partial charge on any atom is -0.355 e. The Hall–Kier alpha value is -4.00. The smallest absolute Gasteiger partial charge is 0.255 e. The molecule has 1 N–H and O–H groups in total. The van der Waals surface area contributed by atoms with Crippen LogP contribution in [0.15, 0.2) is 79.4 Å². The number of carbonyl (C=O) groups is 1. The lowest BCUT2D eigenvalue weighted by atomic mass is 9.99. The van der Waals surface area contributed by atoms with E-state index in [0.717, 1.165) is 53.9 Å². The van der Waals surface area contributed by atoms with Gasteiger partial charge in [-0.15, -0.1) is 10.2 Å². The Labute approximate surface area is 199 Å². The molecule has 1 amide bonds. The molecule has 34 heavy (non-hydrogen) atoms. The van der Waals surface area contributed by atoms with Crippen LogP contribution in [0.5, 0.6) is 0 Å². The first kappa shape index (κ1) is 21.8. The van der Waals surface area contributed by atoms with Gasteiger partial charge in [0.05, 0.1) is 12.0 Å². The van der Waals surface area contributed by atoms with Gasteiger partial charge in [-0.25, -0.2) is 4.98 Å². The third kappa shape index (κ3) is 5.14. The van der Waals surface area contributed by atoms with Gasteiger partial charge in [0.1, 0.15) is 0 Å². The van der Waals surface area contributed by atoms with Gasteiger partial charge in [0.25, 0.3) is 5.91 Å². The van der Waals surface area contributed by atoms with E-state index in [2.05, 4.69) is 32.3 Å². The molecular formula is C27H28N6O. The topological polar surface area (TPSA) is 75.9 Å². The van der Waals surface area contributed by atoms with Crippen molar-refractivity contribution in [3.63, 3.8) is 0 Å². The molecule has 0 unspecified atom stereocenters. The van der Waals surface area contributed by atoms with Crippen LogP contribution in [0.3, 0.4) is 0 Å². The normalized spacial score (nSPS) is 14.2. The van der Waals surface area contributed by atoms with Crippen molar-refractivity contribution in [2.45, 2.75) is 26.3 Å². The summed E-state index contributed by atoms with van der Waals surface area (Å²) in [5, 5.41) is 11.8. The molecule has 0 radical (unpaired) electrons. The average molecular weight is 453 g/mol. The number of carbonyl (C=O) groups excluding carboxylic acids is 1. The van der Waals surface area contributed by atoms with Crippen molar-refractivity contribution in [1.82, 2.24) is 19.7 Å². The van der Waals surface area contributed by atoms with Crippen LogP contribution in [-0.4, -0.2) is 38.7 Å². The fourth-order valence-electron chi connectivity index (χ4n) is 4.17. The molecule has 0 atom stereocenters. The largest absolute Gasteiger partial charge is 0.355 e. The van der Waals surface area contributed by atoms with Gasteiger partial charge in [0.2, 0.25) is 0 Å². The van der Waals surface area contributed by atoms with Crippen molar-refractivity contribution in [3.05, 3.63) is 90.5 Å². The highest BCUT2D eigenvalue weighted by Gasteiger charge is 2.17. The Bertz CT molecular complexity index is 1210. The Morgan fingerprint density at radius 1 is 0.971 bits per heavy atom. The lowest BCUT2D eigenvalue weighted by molar-refractivity contribution is 0.102. The summed E-state index contributed by atoms with van der Waals surface area (Å²) in [6.45, 7) is 5.11. The van der Waals surface area contributed by atoms with Crippen LogP contribution in [0.2, 0.25) is 0 Å². The first-order valence-corrected chi connectivity index (χ1v) is 11.7. The number of piperidine rings is 1. The van der Waals surface area contributed by atoms with E-state index in [1.165, 1.54) is 12.8 Å². The minimum absolute atomic E-state index is 0.137. The molecule has 1 saturated heterocycles. The van der Waals surface area contributed by atoms with Crippen LogP contribution in [-0.2, 0) is 6.54 Å². The van der Waals surface area contributed by atoms with E-state index >= 15 is 0 Å². The minimum atomic E-state index is -0.137. The highest BCUT2D eigenvalue weighted by atomic mass is 16.1. The second-order valence-electron chi connectivity index (χ2n) is 8.91. The molecule has 0 saturated carbocycles. The van der Waals surface area contributed by atoms with Crippen LogP contribution in [0.25, 0.3) is 11.3 Å². The second-order valence-corrected chi connectivity index (χ2v) is 8.91. The van der Waals surface area contributed by atoms with Gasteiger partial charge in [-0.05, 0) is 60.7 Å². The summed E-state index contributed by atoms with van der Waals surface area (Å²) in [4.78, 5) is 19.0. The lowest BCUT2D eigenvalue weighted by Crippen LogP contribution is -2.33. The van der Waals surface area contributed by atoms with E-state index in [0.29, 0.717) is 5.56 Å². The van der Waals surface area contributed by atoms with Crippen molar-refractivity contribution < 1.29 is 4.79 Å². The van der Waals surface area contributed by atoms with Gasteiger partial charge in [-0.1, -0.05) is 31.2 Å². The monoisotopic (exact) mass is 452 g/mol. The van der Waals surface area contributed by atoms with Gasteiger partial charge in [-0.2, -0.15) is 0 Å². The molecule has 7 nitrogen and oxygen atoms in total. The quantitative estimate of drug-likeness (QED) is 0.451. The van der Waals surface area contributed by atoms with E-state index in [4.69, 9.17) is 0 Å². The molecule has 0 aliphatic carbocycles. The zero-order chi connectivity index (χ0) is 23.3. The molecule has 5 rings (SSSR count). The molecule has 4 aromatic rings. The Kier molecular flexibility index (Phi) is 6.33. The first-order chi connectivity index (χ1) is 16.6. The number of hydrogen-bond donors (Lipinski definition) is 1. The fourth-order valence-corrected chi connectivity index (χ4v) is 4.17. The van der Waals surface area contributed by atoms with Gasteiger partial charge in [0, 0.05) is 48.8 Å². The molecule has 3 heterocycles. The summed E-state index contributed by atoms with van der Waals surface area (Å²) >= 11 is 0. The summed E-state index contributed by atoms with van der Waals surface area (Å²) in [5.74, 6) is 1.59. The molecule has 2 aromatic carbocycles. The van der Waals surface area contributed by atoms with Crippen molar-refractivity contribution in [2.75, 3.05) is 23.3 Å². The highest BCUT2D eigenvalue weighted by molar-refractivity contribution is 6.04. The molecule has 0 spiro atoms. The molecule has 2 aromatic heterocycles. The zero-order valence-electron chi connectivity index (χ0n) is 19.3. The number of aromatic nitrogens is 4. The number of amides is 1. The first-order valence-electron chi connectivity index (χ1n) is 11.7. The second kappa shape index (κ2) is 9.87.